The lowest BCUT2D eigenvalue weighted by atomic mass is 10.1. The van der Waals surface area contributed by atoms with Gasteiger partial charge in [-0.15, -0.1) is 0 Å². The molecule has 124 valence electrons. The standard InChI is InChI=1S/C18H18ClN3O2/c1-13(11-14-5-3-2-4-6-14)21-22-17(23)12-20-18(24)15-7-9-16(19)10-8-15/h2-10H,11-12H2,1H3,(H,20,24)(H,22,23)/b21-13+. The Morgan fingerprint density at radius 1 is 1.04 bits per heavy atom. The van der Waals surface area contributed by atoms with Crippen molar-refractivity contribution in [2.24, 2.45) is 5.10 Å². The summed E-state index contributed by atoms with van der Waals surface area (Å²) in [5, 5.41) is 7.11. The molecule has 0 heterocycles. The van der Waals surface area contributed by atoms with Gasteiger partial charge in [-0.05, 0) is 36.8 Å². The zero-order chi connectivity index (χ0) is 17.4. The van der Waals surface area contributed by atoms with Crippen LogP contribution in [0.2, 0.25) is 5.02 Å². The molecule has 0 unspecified atom stereocenters. The highest BCUT2D eigenvalue weighted by Gasteiger charge is 2.07. The molecule has 2 N–H and O–H groups in total. The third-order valence-electron chi connectivity index (χ3n) is 3.19. The van der Waals surface area contributed by atoms with Gasteiger partial charge in [0.05, 0.1) is 6.54 Å². The third kappa shape index (κ3) is 5.85. The van der Waals surface area contributed by atoms with E-state index in [1.165, 1.54) is 0 Å². The molecular formula is C18H18ClN3O2. The molecule has 0 aliphatic rings. The van der Waals surface area contributed by atoms with Crippen molar-refractivity contribution >= 4 is 29.1 Å². The van der Waals surface area contributed by atoms with E-state index >= 15 is 0 Å². The van der Waals surface area contributed by atoms with Gasteiger partial charge in [-0.1, -0.05) is 41.9 Å². The number of halogens is 1. The molecule has 5 nitrogen and oxygen atoms in total. The normalized spacial score (nSPS) is 11.0. The first-order valence-electron chi connectivity index (χ1n) is 7.44. The summed E-state index contributed by atoms with van der Waals surface area (Å²) in [5.74, 6) is -0.725. The largest absolute Gasteiger partial charge is 0.343 e. The highest BCUT2D eigenvalue weighted by molar-refractivity contribution is 6.30. The summed E-state index contributed by atoms with van der Waals surface area (Å²) < 4.78 is 0. The first kappa shape index (κ1) is 17.7. The lowest BCUT2D eigenvalue weighted by molar-refractivity contribution is -0.120. The van der Waals surface area contributed by atoms with Gasteiger partial charge in [-0.25, -0.2) is 5.43 Å². The van der Waals surface area contributed by atoms with Gasteiger partial charge in [0.1, 0.15) is 0 Å². The average molecular weight is 344 g/mol. The van der Waals surface area contributed by atoms with Crippen LogP contribution in [0.3, 0.4) is 0 Å². The Kier molecular flexibility index (Phi) is 6.51. The Balaban J connectivity index is 1.77. The summed E-state index contributed by atoms with van der Waals surface area (Å²) in [7, 11) is 0. The predicted octanol–water partition coefficient (Wildman–Crippen LogP) is 2.80. The molecule has 2 amide bonds. The van der Waals surface area contributed by atoms with Crippen molar-refractivity contribution in [3.8, 4) is 0 Å². The SMILES string of the molecule is C/C(Cc1ccccc1)=N\NC(=O)CNC(=O)c1ccc(Cl)cc1. The van der Waals surface area contributed by atoms with Gasteiger partial charge in [0.2, 0.25) is 0 Å². The van der Waals surface area contributed by atoms with Gasteiger partial charge in [0.25, 0.3) is 11.8 Å². The van der Waals surface area contributed by atoms with Crippen molar-refractivity contribution in [3.63, 3.8) is 0 Å². The number of carbonyl (C=O) groups excluding carboxylic acids is 2. The van der Waals surface area contributed by atoms with Gasteiger partial charge in [-0.3, -0.25) is 9.59 Å². The van der Waals surface area contributed by atoms with Gasteiger partial charge in [-0.2, -0.15) is 5.10 Å². The van der Waals surface area contributed by atoms with Crippen LogP contribution in [0.25, 0.3) is 0 Å². The van der Waals surface area contributed by atoms with Gasteiger partial charge in [0, 0.05) is 22.7 Å². The maximum atomic E-state index is 11.9. The minimum absolute atomic E-state index is 0.149. The summed E-state index contributed by atoms with van der Waals surface area (Å²) in [6, 6.07) is 16.3. The van der Waals surface area contributed by atoms with Crippen LogP contribution in [-0.2, 0) is 11.2 Å². The summed E-state index contributed by atoms with van der Waals surface area (Å²) in [5.41, 5.74) is 4.76. The van der Waals surface area contributed by atoms with Gasteiger partial charge >= 0.3 is 0 Å². The fourth-order valence-corrected chi connectivity index (χ4v) is 2.12. The average Bonchev–Trinajstić information content (AvgIpc) is 2.59. The number of hydrogen-bond acceptors (Lipinski definition) is 3. The Morgan fingerprint density at radius 2 is 1.71 bits per heavy atom. The third-order valence-corrected chi connectivity index (χ3v) is 3.44. The minimum Gasteiger partial charge on any atom is -0.343 e. The molecule has 0 spiro atoms. The predicted molar refractivity (Wildman–Crippen MR) is 95.2 cm³/mol. The van der Waals surface area contributed by atoms with E-state index in [4.69, 9.17) is 11.6 Å². The molecule has 0 atom stereocenters. The van der Waals surface area contributed by atoms with Gasteiger partial charge < -0.3 is 5.32 Å². The first-order chi connectivity index (χ1) is 11.5. The molecule has 2 aromatic carbocycles. The molecule has 0 radical (unpaired) electrons. The second kappa shape index (κ2) is 8.84. The molecule has 2 aromatic rings. The van der Waals surface area contributed by atoms with E-state index in [9.17, 15) is 9.59 Å². The van der Waals surface area contributed by atoms with Crippen LogP contribution >= 0.6 is 11.6 Å². The van der Waals surface area contributed by atoms with E-state index < -0.39 is 0 Å². The topological polar surface area (TPSA) is 70.6 Å². The second-order valence-corrected chi connectivity index (χ2v) is 5.67. The van der Waals surface area contributed by atoms with Crippen LogP contribution < -0.4 is 10.7 Å². The summed E-state index contributed by atoms with van der Waals surface area (Å²) in [6.45, 7) is 1.68. The Morgan fingerprint density at radius 3 is 2.38 bits per heavy atom. The van der Waals surface area contributed by atoms with Crippen molar-refractivity contribution in [2.75, 3.05) is 6.54 Å². The number of carbonyl (C=O) groups is 2. The number of nitrogens with zero attached hydrogens (tertiary/aromatic N) is 1. The second-order valence-electron chi connectivity index (χ2n) is 5.23. The molecule has 0 aliphatic heterocycles. The quantitative estimate of drug-likeness (QED) is 0.625. The first-order valence-corrected chi connectivity index (χ1v) is 7.82. The fourth-order valence-electron chi connectivity index (χ4n) is 1.99. The molecule has 0 bridgehead atoms. The summed E-state index contributed by atoms with van der Waals surface area (Å²) >= 11 is 5.76. The molecule has 24 heavy (non-hydrogen) atoms. The van der Waals surface area contributed by atoms with Crippen LogP contribution in [0.4, 0.5) is 0 Å². The van der Waals surface area contributed by atoms with E-state index in [2.05, 4.69) is 15.8 Å². The number of hydrazone groups is 1. The zero-order valence-corrected chi connectivity index (χ0v) is 14.0. The van der Waals surface area contributed by atoms with Crippen LogP contribution in [0.1, 0.15) is 22.8 Å². The van der Waals surface area contributed by atoms with E-state index in [-0.39, 0.29) is 18.4 Å². The van der Waals surface area contributed by atoms with Crippen LogP contribution in [-0.4, -0.2) is 24.1 Å². The fraction of sp³-hybridized carbons (Fsp3) is 0.167. The lowest BCUT2D eigenvalue weighted by Crippen LogP contribution is -2.35. The number of benzene rings is 2. The molecule has 0 saturated heterocycles. The molecule has 0 aliphatic carbocycles. The molecule has 0 aromatic heterocycles. The molecule has 2 rings (SSSR count). The Labute approximate surface area is 145 Å². The zero-order valence-electron chi connectivity index (χ0n) is 13.3. The van der Waals surface area contributed by atoms with E-state index in [1.807, 2.05) is 37.3 Å². The van der Waals surface area contributed by atoms with Crippen LogP contribution in [0.5, 0.6) is 0 Å². The molecule has 0 saturated carbocycles. The van der Waals surface area contributed by atoms with E-state index in [0.29, 0.717) is 17.0 Å². The number of nitrogens with one attached hydrogen (secondary N) is 2. The molecule has 0 fully saturated rings. The summed E-state index contributed by atoms with van der Waals surface area (Å²) in [4.78, 5) is 23.6. The number of hydrogen-bond donors (Lipinski definition) is 2. The van der Waals surface area contributed by atoms with Crippen molar-refractivity contribution in [3.05, 3.63) is 70.7 Å². The highest BCUT2D eigenvalue weighted by Crippen LogP contribution is 2.09. The monoisotopic (exact) mass is 343 g/mol. The molecular weight excluding hydrogens is 326 g/mol. The number of amides is 2. The maximum Gasteiger partial charge on any atom is 0.259 e. The Bertz CT molecular complexity index is 728. The minimum atomic E-state index is -0.385. The van der Waals surface area contributed by atoms with Crippen molar-refractivity contribution in [2.45, 2.75) is 13.3 Å². The van der Waals surface area contributed by atoms with Crippen LogP contribution in [0, 0.1) is 0 Å². The van der Waals surface area contributed by atoms with Crippen molar-refractivity contribution < 1.29 is 9.59 Å². The van der Waals surface area contributed by atoms with Crippen molar-refractivity contribution in [1.82, 2.24) is 10.7 Å². The highest BCUT2D eigenvalue weighted by atomic mass is 35.5. The molecule has 6 heteroatoms. The van der Waals surface area contributed by atoms with Crippen LogP contribution in [0.15, 0.2) is 59.7 Å². The number of rotatable bonds is 6. The van der Waals surface area contributed by atoms with Crippen molar-refractivity contribution in [1.29, 1.82) is 0 Å². The smallest absolute Gasteiger partial charge is 0.259 e. The van der Waals surface area contributed by atoms with E-state index in [1.54, 1.807) is 24.3 Å². The van der Waals surface area contributed by atoms with E-state index in [0.717, 1.165) is 11.3 Å². The summed E-state index contributed by atoms with van der Waals surface area (Å²) in [6.07, 6.45) is 0.651. The Hall–Kier alpha value is -2.66. The van der Waals surface area contributed by atoms with Gasteiger partial charge in [0.15, 0.2) is 0 Å². The maximum absolute atomic E-state index is 11.9. The lowest BCUT2D eigenvalue weighted by Gasteiger charge is -2.05.